The first-order chi connectivity index (χ1) is 13.4. The number of alkyl halides is 3. The third-order valence-corrected chi connectivity index (χ3v) is 4.79. The van der Waals surface area contributed by atoms with Crippen LogP contribution in [-0.2, 0) is 5.75 Å². The molecule has 0 saturated carbocycles. The lowest BCUT2D eigenvalue weighted by atomic mass is 10.3. The molecule has 3 heterocycles. The van der Waals surface area contributed by atoms with Crippen molar-refractivity contribution in [2.75, 3.05) is 0 Å². The predicted octanol–water partition coefficient (Wildman–Crippen LogP) is 3.81. The number of hydrogen-bond donors (Lipinski definition) is 0. The fourth-order valence-corrected chi connectivity index (χ4v) is 3.41. The highest BCUT2D eigenvalue weighted by molar-refractivity contribution is 7.98. The van der Waals surface area contributed by atoms with Crippen molar-refractivity contribution in [3.05, 3.63) is 60.0 Å². The molecule has 0 atom stereocenters. The SMILES string of the molecule is Cc1cccn2cc(CSc3nnnn3-c3ccc(OC(F)(F)F)cc3)nc12. The summed E-state index contributed by atoms with van der Waals surface area (Å²) in [5, 5.41) is 12.0. The molecule has 0 aliphatic heterocycles. The number of halogens is 3. The van der Waals surface area contributed by atoms with E-state index in [-0.39, 0.29) is 5.75 Å². The number of hydrogen-bond acceptors (Lipinski definition) is 6. The van der Waals surface area contributed by atoms with Crippen LogP contribution in [0.5, 0.6) is 5.75 Å². The molecule has 0 amide bonds. The number of benzene rings is 1. The standard InChI is InChI=1S/C17H13F3N6OS/c1-11-3-2-8-25-9-12(21-15(11)25)10-28-16-22-23-24-26(16)13-4-6-14(7-5-13)27-17(18,19)20/h2-9H,10H2,1H3. The topological polar surface area (TPSA) is 70.1 Å². The molecule has 4 rings (SSSR count). The number of thioether (sulfide) groups is 1. The molecule has 7 nitrogen and oxygen atoms in total. The van der Waals surface area contributed by atoms with Crippen molar-refractivity contribution in [3.63, 3.8) is 0 Å². The second-order valence-corrected chi connectivity index (χ2v) is 6.80. The van der Waals surface area contributed by atoms with Crippen molar-refractivity contribution in [1.29, 1.82) is 0 Å². The minimum atomic E-state index is -4.73. The number of imidazole rings is 1. The van der Waals surface area contributed by atoms with E-state index in [4.69, 9.17) is 0 Å². The molecule has 0 aliphatic rings. The van der Waals surface area contributed by atoms with E-state index in [2.05, 4.69) is 25.2 Å². The third-order valence-electron chi connectivity index (χ3n) is 3.83. The first-order valence-corrected chi connectivity index (χ1v) is 9.08. The van der Waals surface area contributed by atoms with E-state index in [1.807, 2.05) is 35.9 Å². The average Bonchev–Trinajstić information content (AvgIpc) is 3.26. The number of aryl methyl sites for hydroxylation is 1. The smallest absolute Gasteiger partial charge is 0.406 e. The van der Waals surface area contributed by atoms with Gasteiger partial charge in [-0.3, -0.25) is 0 Å². The maximum absolute atomic E-state index is 12.3. The molecule has 0 spiro atoms. The van der Waals surface area contributed by atoms with Gasteiger partial charge in [-0.15, -0.1) is 18.3 Å². The number of pyridine rings is 1. The van der Waals surface area contributed by atoms with Gasteiger partial charge in [0, 0.05) is 18.1 Å². The van der Waals surface area contributed by atoms with Crippen LogP contribution in [0.1, 0.15) is 11.3 Å². The molecule has 0 aliphatic carbocycles. The van der Waals surface area contributed by atoms with E-state index in [1.54, 1.807) is 0 Å². The first-order valence-electron chi connectivity index (χ1n) is 8.09. The summed E-state index contributed by atoms with van der Waals surface area (Å²) in [5.41, 5.74) is 3.35. The van der Waals surface area contributed by atoms with Gasteiger partial charge in [-0.25, -0.2) is 4.98 Å². The fraction of sp³-hybridized carbons (Fsp3) is 0.176. The summed E-state index contributed by atoms with van der Waals surface area (Å²) in [4.78, 5) is 4.60. The number of nitrogens with zero attached hydrogens (tertiary/aromatic N) is 6. The summed E-state index contributed by atoms with van der Waals surface area (Å²) >= 11 is 1.38. The monoisotopic (exact) mass is 406 g/mol. The summed E-state index contributed by atoms with van der Waals surface area (Å²) in [7, 11) is 0. The number of rotatable bonds is 5. The second kappa shape index (κ2) is 7.15. The van der Waals surface area contributed by atoms with Crippen LogP contribution in [0.2, 0.25) is 0 Å². The van der Waals surface area contributed by atoms with Crippen molar-refractivity contribution in [3.8, 4) is 11.4 Å². The molecule has 11 heteroatoms. The van der Waals surface area contributed by atoms with E-state index < -0.39 is 6.36 Å². The number of ether oxygens (including phenoxy) is 1. The largest absolute Gasteiger partial charge is 0.573 e. The molecule has 0 fully saturated rings. The zero-order chi connectivity index (χ0) is 19.7. The van der Waals surface area contributed by atoms with Gasteiger partial charge in [0.1, 0.15) is 11.4 Å². The van der Waals surface area contributed by atoms with E-state index in [9.17, 15) is 13.2 Å². The van der Waals surface area contributed by atoms with Crippen molar-refractivity contribution < 1.29 is 17.9 Å². The predicted molar refractivity (Wildman–Crippen MR) is 95.3 cm³/mol. The summed E-state index contributed by atoms with van der Waals surface area (Å²) in [6.07, 6.45) is -0.866. The van der Waals surface area contributed by atoms with Gasteiger partial charge in [0.15, 0.2) is 0 Å². The van der Waals surface area contributed by atoms with Gasteiger partial charge in [-0.05, 0) is 53.2 Å². The van der Waals surface area contributed by atoms with Gasteiger partial charge in [-0.1, -0.05) is 17.8 Å². The lowest BCUT2D eigenvalue weighted by molar-refractivity contribution is -0.274. The zero-order valence-electron chi connectivity index (χ0n) is 14.5. The molecule has 144 valence electrons. The Labute approximate surface area is 161 Å². The Morgan fingerprint density at radius 1 is 1.14 bits per heavy atom. The fourth-order valence-electron chi connectivity index (χ4n) is 2.63. The lowest BCUT2D eigenvalue weighted by Gasteiger charge is -2.09. The molecule has 1 aromatic carbocycles. The van der Waals surface area contributed by atoms with Gasteiger partial charge >= 0.3 is 6.36 Å². The van der Waals surface area contributed by atoms with Crippen LogP contribution in [0.4, 0.5) is 13.2 Å². The minimum absolute atomic E-state index is 0.307. The van der Waals surface area contributed by atoms with Gasteiger partial charge in [0.2, 0.25) is 5.16 Å². The van der Waals surface area contributed by atoms with Crippen LogP contribution in [0.25, 0.3) is 11.3 Å². The highest BCUT2D eigenvalue weighted by Gasteiger charge is 2.31. The van der Waals surface area contributed by atoms with Gasteiger partial charge in [0.25, 0.3) is 0 Å². The Bertz CT molecular complexity index is 1110. The molecular formula is C17H13F3N6OS. The number of aromatic nitrogens is 6. The molecule has 3 aromatic heterocycles. The Hall–Kier alpha value is -3.08. The molecule has 0 radical (unpaired) electrons. The van der Waals surface area contributed by atoms with E-state index in [0.29, 0.717) is 16.6 Å². The molecule has 0 saturated heterocycles. The lowest BCUT2D eigenvalue weighted by Crippen LogP contribution is -2.17. The Kier molecular flexibility index (Phi) is 4.67. The normalized spacial score (nSPS) is 11.9. The molecule has 0 unspecified atom stereocenters. The highest BCUT2D eigenvalue weighted by Crippen LogP contribution is 2.26. The van der Waals surface area contributed by atoms with Crippen LogP contribution >= 0.6 is 11.8 Å². The van der Waals surface area contributed by atoms with Crippen molar-refractivity contribution in [1.82, 2.24) is 29.6 Å². The molecule has 28 heavy (non-hydrogen) atoms. The summed E-state index contributed by atoms with van der Waals surface area (Å²) < 4.78 is 44.1. The highest BCUT2D eigenvalue weighted by atomic mass is 32.2. The quantitative estimate of drug-likeness (QED) is 0.470. The van der Waals surface area contributed by atoms with Gasteiger partial charge in [0.05, 0.1) is 11.4 Å². The first kappa shape index (κ1) is 18.3. The Balaban J connectivity index is 1.50. The van der Waals surface area contributed by atoms with Crippen LogP contribution < -0.4 is 4.74 Å². The van der Waals surface area contributed by atoms with Crippen LogP contribution in [0.15, 0.2) is 53.9 Å². The van der Waals surface area contributed by atoms with Crippen molar-refractivity contribution in [2.24, 2.45) is 0 Å². The number of tetrazole rings is 1. The third kappa shape index (κ3) is 3.93. The average molecular weight is 406 g/mol. The maximum atomic E-state index is 12.3. The Morgan fingerprint density at radius 2 is 1.93 bits per heavy atom. The summed E-state index contributed by atoms with van der Waals surface area (Å²) in [6, 6.07) is 9.28. The summed E-state index contributed by atoms with van der Waals surface area (Å²) in [6.45, 7) is 1.99. The van der Waals surface area contributed by atoms with Crippen LogP contribution in [0.3, 0.4) is 0 Å². The Morgan fingerprint density at radius 3 is 2.64 bits per heavy atom. The van der Waals surface area contributed by atoms with Crippen molar-refractivity contribution in [2.45, 2.75) is 24.2 Å². The van der Waals surface area contributed by atoms with Crippen molar-refractivity contribution >= 4 is 17.4 Å². The van der Waals surface area contributed by atoms with E-state index in [0.717, 1.165) is 16.9 Å². The number of fused-ring (bicyclic) bond motifs is 1. The van der Waals surface area contributed by atoms with E-state index in [1.165, 1.54) is 40.7 Å². The summed E-state index contributed by atoms with van der Waals surface area (Å²) in [5.74, 6) is 0.232. The molecule has 4 aromatic rings. The molecule has 0 bridgehead atoms. The minimum Gasteiger partial charge on any atom is -0.406 e. The van der Waals surface area contributed by atoms with Gasteiger partial charge in [-0.2, -0.15) is 4.68 Å². The molecular weight excluding hydrogens is 393 g/mol. The maximum Gasteiger partial charge on any atom is 0.573 e. The van der Waals surface area contributed by atoms with Crippen LogP contribution in [-0.4, -0.2) is 36.0 Å². The molecule has 0 N–H and O–H groups in total. The van der Waals surface area contributed by atoms with Crippen LogP contribution in [0, 0.1) is 6.92 Å². The van der Waals surface area contributed by atoms with Gasteiger partial charge < -0.3 is 9.14 Å². The zero-order valence-corrected chi connectivity index (χ0v) is 15.3. The van der Waals surface area contributed by atoms with E-state index >= 15 is 0 Å². The second-order valence-electron chi connectivity index (χ2n) is 5.86.